The molecule has 0 radical (unpaired) electrons. The molecule has 1 aliphatic heterocycles. The Labute approximate surface area is 114 Å². The van der Waals surface area contributed by atoms with Crippen LogP contribution in [0.15, 0.2) is 12.3 Å². The van der Waals surface area contributed by atoms with E-state index in [1.165, 1.54) is 6.07 Å². The molecule has 0 unspecified atom stereocenters. The van der Waals surface area contributed by atoms with E-state index in [0.717, 1.165) is 25.6 Å². The van der Waals surface area contributed by atoms with E-state index in [-0.39, 0.29) is 22.4 Å². The number of aromatic nitrogens is 1. The minimum atomic E-state index is -0.642. The highest BCUT2D eigenvalue weighted by molar-refractivity contribution is 6.29. The van der Waals surface area contributed by atoms with Gasteiger partial charge in [0.15, 0.2) is 0 Å². The first-order valence-corrected chi connectivity index (χ1v) is 6.27. The molecule has 2 heterocycles. The number of hydrogen-bond acceptors (Lipinski definition) is 5. The predicted octanol–water partition coefficient (Wildman–Crippen LogP) is 1.12. The first-order chi connectivity index (χ1) is 9.08. The van der Waals surface area contributed by atoms with Crippen LogP contribution in [-0.4, -0.2) is 34.9 Å². The van der Waals surface area contributed by atoms with E-state index in [1.807, 2.05) is 0 Å². The van der Waals surface area contributed by atoms with Gasteiger partial charge < -0.3 is 10.6 Å². The van der Waals surface area contributed by atoms with Crippen LogP contribution in [0.2, 0.25) is 5.15 Å². The van der Waals surface area contributed by atoms with Crippen molar-refractivity contribution in [1.29, 1.82) is 0 Å². The largest absolute Gasteiger partial charge is 0.348 e. The fraction of sp³-hybridized carbons (Fsp3) is 0.455. The van der Waals surface area contributed by atoms with Crippen molar-refractivity contribution in [3.05, 3.63) is 33.1 Å². The summed E-state index contributed by atoms with van der Waals surface area (Å²) in [5.41, 5.74) is -0.402. The molecule has 1 amide bonds. The quantitative estimate of drug-likeness (QED) is 0.492. The molecule has 0 aromatic carbocycles. The van der Waals surface area contributed by atoms with Crippen LogP contribution in [0.5, 0.6) is 0 Å². The van der Waals surface area contributed by atoms with Crippen molar-refractivity contribution in [2.24, 2.45) is 0 Å². The molecule has 0 bridgehead atoms. The molecule has 1 aliphatic rings. The van der Waals surface area contributed by atoms with Crippen LogP contribution in [0.1, 0.15) is 23.2 Å². The number of nitrogens with one attached hydrogen (secondary N) is 2. The van der Waals surface area contributed by atoms with E-state index in [0.29, 0.717) is 6.54 Å². The van der Waals surface area contributed by atoms with Gasteiger partial charge >= 0.3 is 0 Å². The Morgan fingerprint density at radius 3 is 3.05 bits per heavy atom. The van der Waals surface area contributed by atoms with Crippen molar-refractivity contribution in [1.82, 2.24) is 15.6 Å². The standard InChI is InChI=1S/C11H13ClN4O3/c12-10-4-8(9(6-14-10)16(18)19)11(17)15-7-2-1-3-13-5-7/h4,6-7,13H,1-3,5H2,(H,15,17)/t7-/m1/s1. The summed E-state index contributed by atoms with van der Waals surface area (Å²) in [7, 11) is 0. The summed E-state index contributed by atoms with van der Waals surface area (Å²) >= 11 is 5.68. The third kappa shape index (κ3) is 3.39. The lowest BCUT2D eigenvalue weighted by atomic mass is 10.1. The van der Waals surface area contributed by atoms with E-state index >= 15 is 0 Å². The lowest BCUT2D eigenvalue weighted by Crippen LogP contribution is -2.45. The number of carbonyl (C=O) groups excluding carboxylic acids is 1. The number of rotatable bonds is 3. The number of pyridine rings is 1. The van der Waals surface area contributed by atoms with Gasteiger partial charge in [0, 0.05) is 12.6 Å². The maximum Gasteiger partial charge on any atom is 0.300 e. The van der Waals surface area contributed by atoms with Crippen molar-refractivity contribution in [3.8, 4) is 0 Å². The molecule has 1 fully saturated rings. The van der Waals surface area contributed by atoms with Gasteiger partial charge in [-0.1, -0.05) is 11.6 Å². The molecule has 0 saturated carbocycles. The Bertz CT molecular complexity index is 503. The van der Waals surface area contributed by atoms with E-state index in [4.69, 9.17) is 11.6 Å². The Morgan fingerprint density at radius 2 is 2.42 bits per heavy atom. The number of nitro groups is 1. The number of nitrogens with zero attached hydrogens (tertiary/aromatic N) is 2. The summed E-state index contributed by atoms with van der Waals surface area (Å²) < 4.78 is 0. The highest BCUT2D eigenvalue weighted by Crippen LogP contribution is 2.20. The van der Waals surface area contributed by atoms with E-state index in [2.05, 4.69) is 15.6 Å². The zero-order valence-electron chi connectivity index (χ0n) is 10.1. The normalized spacial score (nSPS) is 18.9. The fourth-order valence-corrected chi connectivity index (χ4v) is 2.15. The summed E-state index contributed by atoms with van der Waals surface area (Å²) in [5, 5.41) is 16.8. The second-order valence-electron chi connectivity index (χ2n) is 4.30. The third-order valence-electron chi connectivity index (χ3n) is 2.92. The molecule has 8 heteroatoms. The SMILES string of the molecule is O=C(N[C@@H]1CCCNC1)c1cc(Cl)ncc1[N+](=O)[O-]. The van der Waals surface area contributed by atoms with E-state index in [9.17, 15) is 14.9 Å². The van der Waals surface area contributed by atoms with E-state index in [1.54, 1.807) is 0 Å². The maximum atomic E-state index is 12.1. The fourth-order valence-electron chi connectivity index (χ4n) is 1.99. The molecule has 1 aromatic rings. The van der Waals surface area contributed by atoms with Crippen LogP contribution < -0.4 is 10.6 Å². The molecule has 1 atom stereocenters. The minimum Gasteiger partial charge on any atom is -0.348 e. The first-order valence-electron chi connectivity index (χ1n) is 5.89. The van der Waals surface area contributed by atoms with Crippen LogP contribution in [0, 0.1) is 10.1 Å². The monoisotopic (exact) mass is 284 g/mol. The van der Waals surface area contributed by atoms with Crippen molar-refractivity contribution in [3.63, 3.8) is 0 Å². The molecule has 7 nitrogen and oxygen atoms in total. The van der Waals surface area contributed by atoms with Gasteiger partial charge in [0.05, 0.1) is 4.92 Å². The van der Waals surface area contributed by atoms with E-state index < -0.39 is 10.8 Å². The molecule has 2 N–H and O–H groups in total. The smallest absolute Gasteiger partial charge is 0.300 e. The Balaban J connectivity index is 2.17. The summed E-state index contributed by atoms with van der Waals surface area (Å²) in [4.78, 5) is 25.9. The van der Waals surface area contributed by atoms with Crippen molar-refractivity contribution in [2.75, 3.05) is 13.1 Å². The second kappa shape index (κ2) is 5.94. The van der Waals surface area contributed by atoms with Crippen LogP contribution in [0.3, 0.4) is 0 Å². The highest BCUT2D eigenvalue weighted by Gasteiger charge is 2.24. The number of halogens is 1. The number of piperidine rings is 1. The molecular formula is C11H13ClN4O3. The summed E-state index contributed by atoms with van der Waals surface area (Å²) in [5.74, 6) is -0.496. The average molecular weight is 285 g/mol. The third-order valence-corrected chi connectivity index (χ3v) is 3.13. The van der Waals surface area contributed by atoms with Crippen molar-refractivity contribution >= 4 is 23.2 Å². The summed E-state index contributed by atoms with van der Waals surface area (Å²) in [6.45, 7) is 1.59. The van der Waals surface area contributed by atoms with Gasteiger partial charge in [-0.3, -0.25) is 14.9 Å². The van der Waals surface area contributed by atoms with Gasteiger partial charge in [0.25, 0.3) is 11.6 Å². The molecule has 0 spiro atoms. The molecule has 2 rings (SSSR count). The second-order valence-corrected chi connectivity index (χ2v) is 4.69. The molecular weight excluding hydrogens is 272 g/mol. The van der Waals surface area contributed by atoms with Crippen LogP contribution in [0.4, 0.5) is 5.69 Å². The lowest BCUT2D eigenvalue weighted by molar-refractivity contribution is -0.385. The average Bonchev–Trinajstić information content (AvgIpc) is 2.39. The van der Waals surface area contributed by atoms with Crippen molar-refractivity contribution < 1.29 is 9.72 Å². The number of carbonyl (C=O) groups is 1. The van der Waals surface area contributed by atoms with Gasteiger partial charge in [-0.15, -0.1) is 0 Å². The maximum absolute atomic E-state index is 12.1. The molecule has 19 heavy (non-hydrogen) atoms. The number of hydrogen-bond donors (Lipinski definition) is 2. The Hall–Kier alpha value is -1.73. The van der Waals surface area contributed by atoms with Gasteiger partial charge in [-0.25, -0.2) is 4.98 Å². The van der Waals surface area contributed by atoms with Gasteiger partial charge in [-0.2, -0.15) is 0 Å². The summed E-state index contributed by atoms with van der Waals surface area (Å²) in [6.07, 6.45) is 2.81. The van der Waals surface area contributed by atoms with Crippen LogP contribution in [0.25, 0.3) is 0 Å². The Morgan fingerprint density at radius 1 is 1.63 bits per heavy atom. The predicted molar refractivity (Wildman–Crippen MR) is 69.3 cm³/mol. The van der Waals surface area contributed by atoms with Gasteiger partial charge in [0.2, 0.25) is 0 Å². The van der Waals surface area contributed by atoms with Gasteiger partial charge in [0.1, 0.15) is 16.9 Å². The molecule has 0 aliphatic carbocycles. The summed E-state index contributed by atoms with van der Waals surface area (Å²) in [6, 6.07) is 1.19. The topological polar surface area (TPSA) is 97.2 Å². The molecule has 102 valence electrons. The van der Waals surface area contributed by atoms with Crippen LogP contribution in [-0.2, 0) is 0 Å². The zero-order valence-corrected chi connectivity index (χ0v) is 10.8. The minimum absolute atomic E-state index is 0.0206. The number of amides is 1. The van der Waals surface area contributed by atoms with Gasteiger partial charge in [-0.05, 0) is 25.5 Å². The lowest BCUT2D eigenvalue weighted by Gasteiger charge is -2.23. The van der Waals surface area contributed by atoms with Crippen molar-refractivity contribution in [2.45, 2.75) is 18.9 Å². The zero-order chi connectivity index (χ0) is 13.8. The first kappa shape index (κ1) is 13.7. The molecule has 1 saturated heterocycles. The highest BCUT2D eigenvalue weighted by atomic mass is 35.5. The Kier molecular flexibility index (Phi) is 4.28. The van der Waals surface area contributed by atoms with Crippen LogP contribution >= 0.6 is 11.6 Å². The molecule has 1 aromatic heterocycles.